The number of hydrogen-bond donors (Lipinski definition) is 1. The van der Waals surface area contributed by atoms with Crippen LogP contribution in [0.5, 0.6) is 0 Å². The SMILES string of the molecule is CCOC(=N)C(C)OCC. The van der Waals surface area contributed by atoms with Crippen LogP contribution in [-0.4, -0.2) is 25.2 Å². The molecule has 0 fully saturated rings. The van der Waals surface area contributed by atoms with E-state index in [4.69, 9.17) is 14.9 Å². The van der Waals surface area contributed by atoms with Crippen molar-refractivity contribution in [2.45, 2.75) is 26.9 Å². The van der Waals surface area contributed by atoms with Crippen molar-refractivity contribution < 1.29 is 9.47 Å². The highest BCUT2D eigenvalue weighted by molar-refractivity contribution is 5.77. The first-order valence-electron chi connectivity index (χ1n) is 3.55. The van der Waals surface area contributed by atoms with Gasteiger partial charge in [-0.3, -0.25) is 5.41 Å². The van der Waals surface area contributed by atoms with Gasteiger partial charge in [-0.05, 0) is 20.8 Å². The van der Waals surface area contributed by atoms with Crippen LogP contribution in [0.4, 0.5) is 0 Å². The minimum atomic E-state index is -0.204. The summed E-state index contributed by atoms with van der Waals surface area (Å²) in [6.45, 7) is 6.72. The van der Waals surface area contributed by atoms with Gasteiger partial charge in [-0.2, -0.15) is 0 Å². The second kappa shape index (κ2) is 5.23. The van der Waals surface area contributed by atoms with Gasteiger partial charge in [0.15, 0.2) is 0 Å². The highest BCUT2D eigenvalue weighted by atomic mass is 16.5. The molecular weight excluding hydrogens is 130 g/mol. The lowest BCUT2D eigenvalue weighted by Gasteiger charge is -2.12. The van der Waals surface area contributed by atoms with Crippen molar-refractivity contribution in [3.63, 3.8) is 0 Å². The lowest BCUT2D eigenvalue weighted by Crippen LogP contribution is -2.22. The van der Waals surface area contributed by atoms with Gasteiger partial charge >= 0.3 is 0 Å². The smallest absolute Gasteiger partial charge is 0.210 e. The summed E-state index contributed by atoms with van der Waals surface area (Å²) in [5, 5.41) is 7.25. The summed E-state index contributed by atoms with van der Waals surface area (Å²) >= 11 is 0. The Balaban J connectivity index is 3.49. The molecule has 3 heteroatoms. The van der Waals surface area contributed by atoms with Gasteiger partial charge in [0.25, 0.3) is 0 Å². The predicted octanol–water partition coefficient (Wildman–Crippen LogP) is 1.43. The fourth-order valence-electron chi connectivity index (χ4n) is 0.599. The molecule has 0 aliphatic carbocycles. The Labute approximate surface area is 61.8 Å². The third-order valence-corrected chi connectivity index (χ3v) is 1.09. The molecule has 0 heterocycles. The van der Waals surface area contributed by atoms with Crippen LogP contribution in [0.3, 0.4) is 0 Å². The normalized spacial score (nSPS) is 12.7. The van der Waals surface area contributed by atoms with E-state index in [1.807, 2.05) is 20.8 Å². The van der Waals surface area contributed by atoms with E-state index in [1.165, 1.54) is 0 Å². The van der Waals surface area contributed by atoms with Gasteiger partial charge in [-0.1, -0.05) is 0 Å². The Bertz CT molecular complexity index is 104. The molecule has 60 valence electrons. The van der Waals surface area contributed by atoms with Crippen molar-refractivity contribution in [3.05, 3.63) is 0 Å². The Hall–Kier alpha value is -0.570. The first-order valence-corrected chi connectivity index (χ1v) is 3.55. The molecule has 3 nitrogen and oxygen atoms in total. The van der Waals surface area contributed by atoms with E-state index in [-0.39, 0.29) is 12.0 Å². The van der Waals surface area contributed by atoms with Gasteiger partial charge in [0.05, 0.1) is 6.61 Å². The molecule has 10 heavy (non-hydrogen) atoms. The van der Waals surface area contributed by atoms with Crippen molar-refractivity contribution in [3.8, 4) is 0 Å². The number of hydrogen-bond acceptors (Lipinski definition) is 3. The summed E-state index contributed by atoms with van der Waals surface area (Å²) in [4.78, 5) is 0. The number of nitrogens with one attached hydrogen (secondary N) is 1. The minimum Gasteiger partial charge on any atom is -0.480 e. The van der Waals surface area contributed by atoms with E-state index < -0.39 is 0 Å². The molecule has 1 N–H and O–H groups in total. The first-order chi connectivity index (χ1) is 4.72. The van der Waals surface area contributed by atoms with Crippen LogP contribution < -0.4 is 0 Å². The van der Waals surface area contributed by atoms with Crippen molar-refractivity contribution in [1.82, 2.24) is 0 Å². The van der Waals surface area contributed by atoms with Crippen molar-refractivity contribution in [2.24, 2.45) is 0 Å². The maximum atomic E-state index is 7.25. The lowest BCUT2D eigenvalue weighted by atomic mass is 10.4. The first kappa shape index (κ1) is 9.43. The molecule has 0 saturated carbocycles. The highest BCUT2D eigenvalue weighted by Crippen LogP contribution is 1.93. The van der Waals surface area contributed by atoms with Gasteiger partial charge in [-0.15, -0.1) is 0 Å². The largest absolute Gasteiger partial charge is 0.480 e. The van der Waals surface area contributed by atoms with E-state index in [1.54, 1.807) is 0 Å². The average molecular weight is 145 g/mol. The van der Waals surface area contributed by atoms with Gasteiger partial charge in [-0.25, -0.2) is 0 Å². The Morgan fingerprint density at radius 3 is 2.40 bits per heavy atom. The zero-order valence-electron chi connectivity index (χ0n) is 6.81. The average Bonchev–Trinajstić information content (AvgIpc) is 1.89. The van der Waals surface area contributed by atoms with Crippen LogP contribution in [0.1, 0.15) is 20.8 Å². The Morgan fingerprint density at radius 1 is 1.40 bits per heavy atom. The maximum absolute atomic E-state index is 7.25. The van der Waals surface area contributed by atoms with Crippen molar-refractivity contribution in [1.29, 1.82) is 5.41 Å². The number of rotatable bonds is 4. The summed E-state index contributed by atoms with van der Waals surface area (Å²) in [6, 6.07) is 0. The third-order valence-electron chi connectivity index (χ3n) is 1.09. The molecule has 1 atom stereocenters. The molecule has 0 bridgehead atoms. The molecule has 0 radical (unpaired) electrons. The van der Waals surface area contributed by atoms with Gasteiger partial charge in [0.1, 0.15) is 6.10 Å². The summed E-state index contributed by atoms with van der Waals surface area (Å²) in [6.07, 6.45) is -0.204. The topological polar surface area (TPSA) is 42.3 Å². The van der Waals surface area contributed by atoms with Gasteiger partial charge in [0.2, 0.25) is 5.90 Å². The molecular formula is C7H15NO2. The molecule has 0 rings (SSSR count). The van der Waals surface area contributed by atoms with E-state index in [0.29, 0.717) is 13.2 Å². The van der Waals surface area contributed by atoms with E-state index >= 15 is 0 Å². The maximum Gasteiger partial charge on any atom is 0.210 e. The lowest BCUT2D eigenvalue weighted by molar-refractivity contribution is 0.0993. The monoisotopic (exact) mass is 145 g/mol. The summed E-state index contributed by atoms with van der Waals surface area (Å²) < 4.78 is 10.0. The van der Waals surface area contributed by atoms with Gasteiger partial charge < -0.3 is 9.47 Å². The molecule has 0 saturated heterocycles. The van der Waals surface area contributed by atoms with E-state index in [0.717, 1.165) is 0 Å². The molecule has 0 aromatic rings. The molecule has 0 spiro atoms. The zero-order valence-corrected chi connectivity index (χ0v) is 6.81. The summed E-state index contributed by atoms with van der Waals surface area (Å²) in [5.74, 6) is 0.212. The molecule has 0 aromatic heterocycles. The third kappa shape index (κ3) is 3.45. The second-order valence-corrected chi connectivity index (χ2v) is 1.89. The van der Waals surface area contributed by atoms with Crippen LogP contribution >= 0.6 is 0 Å². The zero-order chi connectivity index (χ0) is 7.98. The van der Waals surface area contributed by atoms with Gasteiger partial charge in [0, 0.05) is 6.61 Å². The Kier molecular flexibility index (Phi) is 4.94. The number of ether oxygens (including phenoxy) is 2. The molecule has 0 amide bonds. The van der Waals surface area contributed by atoms with Crippen LogP contribution in [-0.2, 0) is 9.47 Å². The van der Waals surface area contributed by atoms with E-state index in [2.05, 4.69) is 0 Å². The van der Waals surface area contributed by atoms with Crippen LogP contribution in [0, 0.1) is 5.41 Å². The highest BCUT2D eigenvalue weighted by Gasteiger charge is 2.07. The summed E-state index contributed by atoms with van der Waals surface area (Å²) in [5.41, 5.74) is 0. The fourth-order valence-corrected chi connectivity index (χ4v) is 0.599. The molecule has 0 aliphatic rings. The van der Waals surface area contributed by atoms with Crippen LogP contribution in [0.15, 0.2) is 0 Å². The molecule has 1 unspecified atom stereocenters. The second-order valence-electron chi connectivity index (χ2n) is 1.89. The fraction of sp³-hybridized carbons (Fsp3) is 0.857. The molecule has 0 aromatic carbocycles. The minimum absolute atomic E-state index is 0.204. The van der Waals surface area contributed by atoms with Crippen molar-refractivity contribution in [2.75, 3.05) is 13.2 Å². The van der Waals surface area contributed by atoms with Crippen LogP contribution in [0.2, 0.25) is 0 Å². The predicted molar refractivity (Wildman–Crippen MR) is 40.4 cm³/mol. The van der Waals surface area contributed by atoms with Crippen molar-refractivity contribution >= 4 is 5.90 Å². The summed E-state index contributed by atoms with van der Waals surface area (Å²) in [7, 11) is 0. The molecule has 0 aliphatic heterocycles. The standard InChI is InChI=1S/C7H15NO2/c1-4-9-6(3)7(8)10-5-2/h6,8H,4-5H2,1-3H3. The quantitative estimate of drug-likeness (QED) is 0.480. The Morgan fingerprint density at radius 2 is 2.00 bits per heavy atom. The van der Waals surface area contributed by atoms with E-state index in [9.17, 15) is 0 Å². The van der Waals surface area contributed by atoms with Crippen LogP contribution in [0.25, 0.3) is 0 Å².